The van der Waals surface area contributed by atoms with E-state index < -0.39 is 0 Å². The second-order valence-corrected chi connectivity index (χ2v) is 6.74. The van der Waals surface area contributed by atoms with Crippen LogP contribution in [0.1, 0.15) is 58.2 Å². The van der Waals surface area contributed by atoms with Crippen LogP contribution in [0.3, 0.4) is 0 Å². The van der Waals surface area contributed by atoms with Crippen molar-refractivity contribution in [3.05, 3.63) is 17.6 Å². The maximum absolute atomic E-state index is 4.50. The van der Waals surface area contributed by atoms with Crippen molar-refractivity contribution < 1.29 is 0 Å². The lowest BCUT2D eigenvalue weighted by molar-refractivity contribution is 0.304. The van der Waals surface area contributed by atoms with Crippen molar-refractivity contribution in [2.75, 3.05) is 11.9 Å². The molecule has 0 atom stereocenters. The van der Waals surface area contributed by atoms with Gasteiger partial charge in [-0.2, -0.15) is 0 Å². The Labute approximate surface area is 123 Å². The smallest absolute Gasteiger partial charge is 0.132 e. The Morgan fingerprint density at radius 2 is 1.70 bits per heavy atom. The van der Waals surface area contributed by atoms with Crippen LogP contribution in [0.5, 0.6) is 0 Å². The number of rotatable bonds is 5. The van der Waals surface area contributed by atoms with Gasteiger partial charge >= 0.3 is 0 Å². The molecule has 20 heavy (non-hydrogen) atoms. The number of nitrogens with zero attached hydrogens (tertiary/aromatic N) is 2. The quantitative estimate of drug-likeness (QED) is 0.823. The van der Waals surface area contributed by atoms with Gasteiger partial charge in [0.15, 0.2) is 0 Å². The number of nitrogens with one attached hydrogen (secondary N) is 1. The van der Waals surface area contributed by atoms with Gasteiger partial charge in [-0.15, -0.1) is 0 Å². The van der Waals surface area contributed by atoms with Crippen LogP contribution in [0.15, 0.2) is 6.33 Å². The molecule has 1 heterocycles. The highest BCUT2D eigenvalue weighted by atomic mass is 15.0. The van der Waals surface area contributed by atoms with E-state index >= 15 is 0 Å². The first-order chi connectivity index (χ1) is 9.59. The van der Waals surface area contributed by atoms with Crippen molar-refractivity contribution in [3.8, 4) is 0 Å². The molecular formula is C17H29N3. The van der Waals surface area contributed by atoms with E-state index in [1.807, 2.05) is 0 Å². The van der Waals surface area contributed by atoms with Gasteiger partial charge in [0, 0.05) is 17.8 Å². The molecule has 1 N–H and O–H groups in total. The van der Waals surface area contributed by atoms with Gasteiger partial charge in [0.1, 0.15) is 12.1 Å². The second-order valence-electron chi connectivity index (χ2n) is 6.74. The molecule has 2 rings (SSSR count). The molecule has 0 bridgehead atoms. The summed E-state index contributed by atoms with van der Waals surface area (Å²) in [5.74, 6) is 3.17. The van der Waals surface area contributed by atoms with E-state index in [2.05, 4.69) is 43.0 Å². The first-order valence-electron chi connectivity index (χ1n) is 8.16. The van der Waals surface area contributed by atoms with Crippen LogP contribution in [0.25, 0.3) is 0 Å². The molecule has 0 saturated carbocycles. The predicted octanol–water partition coefficient (Wildman–Crippen LogP) is 4.09. The average molecular weight is 275 g/mol. The van der Waals surface area contributed by atoms with Crippen LogP contribution >= 0.6 is 0 Å². The summed E-state index contributed by atoms with van der Waals surface area (Å²) in [4.78, 5) is 8.99. The molecular weight excluding hydrogens is 246 g/mol. The summed E-state index contributed by atoms with van der Waals surface area (Å²) in [6, 6.07) is 0. The molecule has 0 saturated heterocycles. The molecule has 0 unspecified atom stereocenters. The number of fused-ring (bicyclic) bond motifs is 1. The van der Waals surface area contributed by atoms with Crippen LogP contribution in [-0.4, -0.2) is 16.5 Å². The normalized spacial score (nSPS) is 15.6. The van der Waals surface area contributed by atoms with Crippen LogP contribution in [-0.2, 0) is 12.8 Å². The van der Waals surface area contributed by atoms with E-state index in [1.165, 1.54) is 30.5 Å². The molecule has 1 aliphatic carbocycles. The Hall–Kier alpha value is -1.12. The van der Waals surface area contributed by atoms with Crippen molar-refractivity contribution >= 4 is 5.82 Å². The predicted molar refractivity (Wildman–Crippen MR) is 84.9 cm³/mol. The average Bonchev–Trinajstić information content (AvgIpc) is 2.63. The lowest BCUT2D eigenvalue weighted by Crippen LogP contribution is -2.25. The zero-order valence-corrected chi connectivity index (χ0v) is 13.4. The molecule has 0 amide bonds. The third-order valence-corrected chi connectivity index (χ3v) is 4.59. The van der Waals surface area contributed by atoms with Gasteiger partial charge in [0.25, 0.3) is 0 Å². The van der Waals surface area contributed by atoms with Crippen LogP contribution in [0, 0.1) is 17.8 Å². The Morgan fingerprint density at radius 3 is 2.40 bits per heavy atom. The summed E-state index contributed by atoms with van der Waals surface area (Å²) in [5.41, 5.74) is 2.64. The van der Waals surface area contributed by atoms with Crippen molar-refractivity contribution in [1.82, 2.24) is 9.97 Å². The third-order valence-electron chi connectivity index (χ3n) is 4.59. The summed E-state index contributed by atoms with van der Waals surface area (Å²) in [7, 11) is 0. The fourth-order valence-corrected chi connectivity index (χ4v) is 3.31. The van der Waals surface area contributed by atoms with Gasteiger partial charge < -0.3 is 5.32 Å². The van der Waals surface area contributed by atoms with Gasteiger partial charge in [-0.05, 0) is 43.4 Å². The van der Waals surface area contributed by atoms with Crippen molar-refractivity contribution in [2.24, 2.45) is 17.8 Å². The van der Waals surface area contributed by atoms with Gasteiger partial charge in [-0.3, -0.25) is 0 Å². The molecule has 1 aliphatic rings. The van der Waals surface area contributed by atoms with Gasteiger partial charge in [-0.1, -0.05) is 34.1 Å². The number of aromatic nitrogens is 2. The maximum atomic E-state index is 4.50. The van der Waals surface area contributed by atoms with Crippen LogP contribution < -0.4 is 5.32 Å². The van der Waals surface area contributed by atoms with Gasteiger partial charge in [-0.25, -0.2) is 9.97 Å². The molecule has 3 heteroatoms. The lowest BCUT2D eigenvalue weighted by atomic mass is 9.85. The minimum atomic E-state index is 0.686. The number of hydrogen-bond acceptors (Lipinski definition) is 3. The zero-order valence-electron chi connectivity index (χ0n) is 13.4. The molecule has 3 nitrogen and oxygen atoms in total. The molecule has 0 radical (unpaired) electrons. The van der Waals surface area contributed by atoms with E-state index in [4.69, 9.17) is 0 Å². The Morgan fingerprint density at radius 1 is 1.00 bits per heavy atom. The monoisotopic (exact) mass is 275 g/mol. The highest BCUT2D eigenvalue weighted by molar-refractivity contribution is 5.46. The van der Waals surface area contributed by atoms with E-state index in [1.54, 1.807) is 6.33 Å². The molecule has 1 aromatic heterocycles. The minimum absolute atomic E-state index is 0.686. The summed E-state index contributed by atoms with van der Waals surface area (Å²) < 4.78 is 0. The van der Waals surface area contributed by atoms with Crippen molar-refractivity contribution in [3.63, 3.8) is 0 Å². The Kier molecular flexibility index (Phi) is 5.38. The SMILES string of the molecule is CC(C)C(CNc1ncnc2c1CCCCC2)C(C)C. The first kappa shape index (κ1) is 15.3. The van der Waals surface area contributed by atoms with Crippen molar-refractivity contribution in [2.45, 2.75) is 59.8 Å². The summed E-state index contributed by atoms with van der Waals surface area (Å²) in [6.07, 6.45) is 7.83. The minimum Gasteiger partial charge on any atom is -0.369 e. The van der Waals surface area contributed by atoms with Crippen LogP contribution in [0.4, 0.5) is 5.82 Å². The summed E-state index contributed by atoms with van der Waals surface area (Å²) in [6.45, 7) is 10.3. The third kappa shape index (κ3) is 3.71. The highest BCUT2D eigenvalue weighted by Crippen LogP contribution is 2.26. The van der Waals surface area contributed by atoms with E-state index in [-0.39, 0.29) is 0 Å². The second kappa shape index (κ2) is 7.05. The fraction of sp³-hybridized carbons (Fsp3) is 0.765. The standard InChI is InChI=1S/C17H29N3/c1-12(2)15(13(3)4)10-18-17-14-8-6-5-7-9-16(14)19-11-20-17/h11-13,15H,5-10H2,1-4H3,(H,18,19,20). The van der Waals surface area contributed by atoms with Gasteiger partial charge in [0.05, 0.1) is 0 Å². The summed E-state index contributed by atoms with van der Waals surface area (Å²) in [5, 5.41) is 3.61. The maximum Gasteiger partial charge on any atom is 0.132 e. The zero-order chi connectivity index (χ0) is 14.5. The van der Waals surface area contributed by atoms with Crippen LogP contribution in [0.2, 0.25) is 0 Å². The first-order valence-corrected chi connectivity index (χ1v) is 8.16. The molecule has 0 aromatic carbocycles. The molecule has 0 aliphatic heterocycles. The topological polar surface area (TPSA) is 37.8 Å². The van der Waals surface area contributed by atoms with Crippen molar-refractivity contribution in [1.29, 1.82) is 0 Å². The molecule has 1 aromatic rings. The van der Waals surface area contributed by atoms with Gasteiger partial charge in [0.2, 0.25) is 0 Å². The summed E-state index contributed by atoms with van der Waals surface area (Å²) >= 11 is 0. The fourth-order valence-electron chi connectivity index (χ4n) is 3.31. The molecule has 112 valence electrons. The van der Waals surface area contributed by atoms with E-state index in [0.717, 1.165) is 25.2 Å². The number of anilines is 1. The number of hydrogen-bond donors (Lipinski definition) is 1. The lowest BCUT2D eigenvalue weighted by Gasteiger charge is -2.26. The Bertz CT molecular complexity index is 418. The molecule has 0 spiro atoms. The largest absolute Gasteiger partial charge is 0.369 e. The highest BCUT2D eigenvalue weighted by Gasteiger charge is 2.19. The van der Waals surface area contributed by atoms with E-state index in [9.17, 15) is 0 Å². The Balaban J connectivity index is 2.09. The molecule has 0 fully saturated rings. The van der Waals surface area contributed by atoms with E-state index in [0.29, 0.717) is 17.8 Å². The number of aryl methyl sites for hydroxylation is 1.